The average Bonchev–Trinajstić information content (AvgIpc) is 2.73. The first-order valence-corrected chi connectivity index (χ1v) is 11.6. The van der Waals surface area contributed by atoms with Gasteiger partial charge in [-0.1, -0.05) is 27.7 Å². The van der Waals surface area contributed by atoms with Gasteiger partial charge in [-0.05, 0) is 50.5 Å². The van der Waals surface area contributed by atoms with Crippen LogP contribution in [0.2, 0.25) is 0 Å². The third kappa shape index (κ3) is 12.5. The predicted octanol–water partition coefficient (Wildman–Crippen LogP) is -0.451. The van der Waals surface area contributed by atoms with Crippen molar-refractivity contribution in [3.8, 4) is 0 Å². The lowest BCUT2D eigenvalue weighted by molar-refractivity contribution is -0.143. The Balaban J connectivity index is 5.53. The minimum atomic E-state index is -1.42. The monoisotopic (exact) mass is 487 g/mol. The molecule has 3 amide bonds. The van der Waals surface area contributed by atoms with Crippen LogP contribution in [0.25, 0.3) is 0 Å². The van der Waals surface area contributed by atoms with Gasteiger partial charge in [0, 0.05) is 6.42 Å². The van der Waals surface area contributed by atoms with Crippen LogP contribution >= 0.6 is 0 Å². The number of aliphatic carboxylic acids is 2. The minimum absolute atomic E-state index is 0.0447. The maximum Gasteiger partial charge on any atom is 0.326 e. The van der Waals surface area contributed by atoms with Gasteiger partial charge in [-0.15, -0.1) is 0 Å². The summed E-state index contributed by atoms with van der Waals surface area (Å²) in [7, 11) is 0. The summed E-state index contributed by atoms with van der Waals surface area (Å²) in [5, 5.41) is 25.7. The molecule has 0 heterocycles. The Kier molecular flexibility index (Phi) is 14.7. The number of amides is 3. The average molecular weight is 488 g/mol. The van der Waals surface area contributed by atoms with E-state index in [2.05, 4.69) is 16.0 Å². The molecule has 0 aliphatic heterocycles. The van der Waals surface area contributed by atoms with E-state index in [0.29, 0.717) is 25.8 Å². The lowest BCUT2D eigenvalue weighted by atomic mass is 9.99. The zero-order valence-electron chi connectivity index (χ0n) is 20.5. The molecule has 0 saturated heterocycles. The lowest BCUT2D eigenvalue weighted by Crippen LogP contribution is -2.57. The van der Waals surface area contributed by atoms with E-state index in [1.165, 1.54) is 0 Å². The molecule has 4 unspecified atom stereocenters. The molecule has 0 radical (unpaired) electrons. The van der Waals surface area contributed by atoms with E-state index in [0.717, 1.165) is 0 Å². The van der Waals surface area contributed by atoms with Gasteiger partial charge in [0.15, 0.2) is 0 Å². The van der Waals surface area contributed by atoms with Crippen LogP contribution in [0.4, 0.5) is 0 Å². The van der Waals surface area contributed by atoms with Crippen LogP contribution in [0.5, 0.6) is 0 Å². The van der Waals surface area contributed by atoms with Gasteiger partial charge in [0.05, 0.1) is 6.04 Å². The Morgan fingerprint density at radius 2 is 1.29 bits per heavy atom. The van der Waals surface area contributed by atoms with Gasteiger partial charge in [-0.3, -0.25) is 19.2 Å². The zero-order chi connectivity index (χ0) is 26.4. The Hall–Kier alpha value is -2.73. The zero-order valence-corrected chi connectivity index (χ0v) is 20.5. The summed E-state index contributed by atoms with van der Waals surface area (Å²) in [6, 6.07) is -4.26. The van der Waals surface area contributed by atoms with Crippen LogP contribution in [0, 0.1) is 11.8 Å². The van der Waals surface area contributed by atoms with Crippen molar-refractivity contribution in [2.24, 2.45) is 23.3 Å². The first kappa shape index (κ1) is 31.3. The molecule has 4 atom stereocenters. The number of carboxylic acid groups (broad SMARTS) is 2. The van der Waals surface area contributed by atoms with E-state index in [4.69, 9.17) is 16.6 Å². The van der Waals surface area contributed by atoms with Crippen LogP contribution in [0.1, 0.15) is 66.2 Å². The van der Waals surface area contributed by atoms with Crippen LogP contribution in [0.15, 0.2) is 0 Å². The van der Waals surface area contributed by atoms with Crippen LogP contribution in [0.3, 0.4) is 0 Å². The third-order valence-corrected chi connectivity index (χ3v) is 5.20. The van der Waals surface area contributed by atoms with Crippen LogP contribution in [-0.2, 0) is 24.0 Å². The first-order valence-electron chi connectivity index (χ1n) is 11.6. The van der Waals surface area contributed by atoms with Crippen molar-refractivity contribution in [1.82, 2.24) is 16.0 Å². The van der Waals surface area contributed by atoms with E-state index in [9.17, 15) is 29.1 Å². The van der Waals surface area contributed by atoms with Crippen LogP contribution in [-0.4, -0.2) is 70.6 Å². The highest BCUT2D eigenvalue weighted by Gasteiger charge is 2.31. The van der Waals surface area contributed by atoms with E-state index in [1.54, 1.807) is 13.8 Å². The number of carboxylic acids is 2. The number of rotatable bonds is 17. The normalized spacial score (nSPS) is 14.7. The summed E-state index contributed by atoms with van der Waals surface area (Å²) < 4.78 is 0. The second-order valence-electron chi connectivity index (χ2n) is 9.14. The van der Waals surface area contributed by atoms with Gasteiger partial charge in [0.25, 0.3) is 0 Å². The molecule has 0 bridgehead atoms. The van der Waals surface area contributed by atoms with Crippen molar-refractivity contribution in [2.45, 2.75) is 90.4 Å². The molecule has 0 aromatic heterocycles. The molecule has 0 aromatic carbocycles. The maximum atomic E-state index is 13.0. The molecular weight excluding hydrogens is 446 g/mol. The van der Waals surface area contributed by atoms with Gasteiger partial charge in [-0.25, -0.2) is 4.79 Å². The molecular formula is C22H41N5O7. The highest BCUT2D eigenvalue weighted by molar-refractivity contribution is 5.94. The maximum absolute atomic E-state index is 13.0. The van der Waals surface area contributed by atoms with Crippen molar-refractivity contribution in [1.29, 1.82) is 0 Å². The molecule has 12 nitrogen and oxygen atoms in total. The topological polar surface area (TPSA) is 214 Å². The predicted molar refractivity (Wildman–Crippen MR) is 125 cm³/mol. The van der Waals surface area contributed by atoms with Gasteiger partial charge in [-0.2, -0.15) is 0 Å². The fraction of sp³-hybridized carbons (Fsp3) is 0.773. The Bertz CT molecular complexity index is 699. The summed E-state index contributed by atoms with van der Waals surface area (Å²) in [6.45, 7) is 7.68. The lowest BCUT2D eigenvalue weighted by Gasteiger charge is -2.26. The van der Waals surface area contributed by atoms with E-state index in [-0.39, 0.29) is 24.7 Å². The van der Waals surface area contributed by atoms with E-state index >= 15 is 0 Å². The first-order chi connectivity index (χ1) is 15.8. The summed E-state index contributed by atoms with van der Waals surface area (Å²) in [5.41, 5.74) is 11.4. The molecule has 196 valence electrons. The number of unbranched alkanes of at least 4 members (excludes halogenated alkanes) is 1. The molecule has 34 heavy (non-hydrogen) atoms. The molecule has 0 aromatic rings. The number of nitrogens with two attached hydrogens (primary N) is 2. The van der Waals surface area contributed by atoms with Crippen molar-refractivity contribution in [2.75, 3.05) is 6.54 Å². The summed E-state index contributed by atoms with van der Waals surface area (Å²) in [5.74, 6) is -4.51. The second-order valence-corrected chi connectivity index (χ2v) is 9.14. The largest absolute Gasteiger partial charge is 0.481 e. The molecule has 0 aliphatic carbocycles. The molecule has 9 N–H and O–H groups in total. The summed E-state index contributed by atoms with van der Waals surface area (Å²) >= 11 is 0. The molecule has 0 rings (SSSR count). The smallest absolute Gasteiger partial charge is 0.326 e. The van der Waals surface area contributed by atoms with Crippen molar-refractivity contribution >= 4 is 29.7 Å². The van der Waals surface area contributed by atoms with Crippen molar-refractivity contribution in [3.05, 3.63) is 0 Å². The molecule has 0 spiro atoms. The Labute approximate surface area is 200 Å². The Morgan fingerprint density at radius 3 is 1.76 bits per heavy atom. The summed E-state index contributed by atoms with van der Waals surface area (Å²) in [6.07, 6.45) is 0.806. The molecule has 0 aliphatic rings. The molecule has 12 heteroatoms. The van der Waals surface area contributed by atoms with E-state index in [1.807, 2.05) is 13.8 Å². The van der Waals surface area contributed by atoms with Crippen molar-refractivity contribution < 1.29 is 34.2 Å². The van der Waals surface area contributed by atoms with Crippen molar-refractivity contribution in [3.63, 3.8) is 0 Å². The van der Waals surface area contributed by atoms with Gasteiger partial charge >= 0.3 is 11.9 Å². The van der Waals surface area contributed by atoms with Gasteiger partial charge < -0.3 is 37.6 Å². The number of nitrogens with one attached hydrogen (secondary N) is 3. The quantitative estimate of drug-likeness (QED) is 0.132. The fourth-order valence-corrected chi connectivity index (χ4v) is 3.11. The van der Waals surface area contributed by atoms with Crippen LogP contribution < -0.4 is 27.4 Å². The van der Waals surface area contributed by atoms with E-state index < -0.39 is 60.2 Å². The van der Waals surface area contributed by atoms with Gasteiger partial charge in [0.1, 0.15) is 18.1 Å². The fourth-order valence-electron chi connectivity index (χ4n) is 3.11. The molecule has 0 fully saturated rings. The number of carbonyl (C=O) groups excluding carboxylic acids is 3. The SMILES string of the molecule is CC(C)CC(NC(=O)C(N)C(C)C)C(=O)NC(CCCCN)C(=O)NC(CCC(=O)O)C(=O)O. The highest BCUT2D eigenvalue weighted by atomic mass is 16.4. The highest BCUT2D eigenvalue weighted by Crippen LogP contribution is 2.09. The Morgan fingerprint density at radius 1 is 0.765 bits per heavy atom. The van der Waals surface area contributed by atoms with Gasteiger partial charge in [0.2, 0.25) is 17.7 Å². The number of hydrogen-bond acceptors (Lipinski definition) is 7. The minimum Gasteiger partial charge on any atom is -0.481 e. The number of carbonyl (C=O) groups is 5. The molecule has 0 saturated carbocycles. The number of hydrogen-bond donors (Lipinski definition) is 7. The second kappa shape index (κ2) is 16.0. The third-order valence-electron chi connectivity index (χ3n) is 5.20. The standard InChI is InChI=1S/C22H41N5O7/c1-12(2)11-16(27-21(32)18(24)13(3)4)20(31)25-14(7-5-6-10-23)19(30)26-15(22(33)34)8-9-17(28)29/h12-16,18H,5-11,23-24H2,1-4H3,(H,25,31)(H,26,30)(H,27,32)(H,28,29)(H,33,34). The summed E-state index contributed by atoms with van der Waals surface area (Å²) in [4.78, 5) is 60.5.